The van der Waals surface area contributed by atoms with Gasteiger partial charge in [-0.3, -0.25) is 24.1 Å². The minimum atomic E-state index is -0.444. The number of imide groups is 1. The topological polar surface area (TPSA) is 105 Å². The molecule has 2 aromatic carbocycles. The average Bonchev–Trinajstić information content (AvgIpc) is 3.05. The lowest BCUT2D eigenvalue weighted by molar-refractivity contribution is -0.142. The van der Waals surface area contributed by atoms with Crippen molar-refractivity contribution in [2.75, 3.05) is 24.3 Å². The van der Waals surface area contributed by atoms with Gasteiger partial charge in [0.15, 0.2) is 0 Å². The number of amides is 4. The summed E-state index contributed by atoms with van der Waals surface area (Å²) in [5, 5.41) is 5.48. The van der Waals surface area contributed by atoms with E-state index in [0.29, 0.717) is 35.5 Å². The minimum absolute atomic E-state index is 0.236. The van der Waals surface area contributed by atoms with Crippen LogP contribution in [0.1, 0.15) is 36.0 Å². The molecule has 1 saturated heterocycles. The molecule has 8 nitrogen and oxygen atoms in total. The molecule has 8 heteroatoms. The van der Waals surface area contributed by atoms with Gasteiger partial charge in [-0.1, -0.05) is 12.8 Å². The van der Waals surface area contributed by atoms with Gasteiger partial charge < -0.3 is 15.4 Å². The molecule has 0 bridgehead atoms. The molecule has 1 aliphatic heterocycles. The van der Waals surface area contributed by atoms with Crippen molar-refractivity contribution in [3.05, 3.63) is 54.1 Å². The zero-order valence-corrected chi connectivity index (χ0v) is 17.8. The molecule has 2 aliphatic rings. The summed E-state index contributed by atoms with van der Waals surface area (Å²) in [7, 11) is 1.57. The van der Waals surface area contributed by atoms with Gasteiger partial charge in [0, 0.05) is 16.9 Å². The Morgan fingerprint density at radius 3 is 1.97 bits per heavy atom. The zero-order valence-electron chi connectivity index (χ0n) is 17.8. The number of hydrogen-bond donors (Lipinski definition) is 2. The van der Waals surface area contributed by atoms with Gasteiger partial charge >= 0.3 is 0 Å². The fourth-order valence-corrected chi connectivity index (χ4v) is 4.31. The molecule has 2 unspecified atom stereocenters. The van der Waals surface area contributed by atoms with Gasteiger partial charge in [0.1, 0.15) is 12.3 Å². The molecule has 2 aromatic rings. The lowest BCUT2D eigenvalue weighted by atomic mass is 9.81. The van der Waals surface area contributed by atoms with E-state index in [9.17, 15) is 19.2 Å². The molecule has 1 saturated carbocycles. The predicted molar refractivity (Wildman–Crippen MR) is 118 cm³/mol. The van der Waals surface area contributed by atoms with Gasteiger partial charge in [0.2, 0.25) is 17.7 Å². The number of likely N-dealkylation sites (tertiary alicyclic amines) is 1. The van der Waals surface area contributed by atoms with Crippen LogP contribution in [0, 0.1) is 11.8 Å². The maximum atomic E-state index is 12.5. The standard InChI is InChI=1S/C24H25N3O5/c1-32-18-12-10-17(11-13-18)26-22(29)15-6-8-16(9-7-15)25-21(28)14-27-23(30)19-4-2-3-5-20(19)24(27)31/h6-13,19-20H,2-5,14H2,1H3,(H,25,28)(H,26,29). The van der Waals surface area contributed by atoms with Crippen molar-refractivity contribution in [1.82, 2.24) is 4.90 Å². The first-order valence-corrected chi connectivity index (χ1v) is 10.7. The molecular formula is C24H25N3O5. The molecule has 2 atom stereocenters. The van der Waals surface area contributed by atoms with E-state index in [0.717, 1.165) is 17.7 Å². The Morgan fingerprint density at radius 2 is 1.41 bits per heavy atom. The summed E-state index contributed by atoms with van der Waals surface area (Å²) in [5.74, 6) is -1.05. The highest BCUT2D eigenvalue weighted by Crippen LogP contribution is 2.37. The highest BCUT2D eigenvalue weighted by Gasteiger charge is 2.48. The number of ether oxygens (including phenoxy) is 1. The SMILES string of the molecule is COc1ccc(NC(=O)c2ccc(NC(=O)CN3C(=O)C4CCCCC4C3=O)cc2)cc1. The minimum Gasteiger partial charge on any atom is -0.497 e. The quantitative estimate of drug-likeness (QED) is 0.679. The van der Waals surface area contributed by atoms with Crippen LogP contribution >= 0.6 is 0 Å². The number of carbonyl (C=O) groups excluding carboxylic acids is 4. The Morgan fingerprint density at radius 1 is 0.875 bits per heavy atom. The van der Waals surface area contributed by atoms with E-state index in [1.165, 1.54) is 0 Å². The Hall–Kier alpha value is -3.68. The van der Waals surface area contributed by atoms with E-state index in [2.05, 4.69) is 10.6 Å². The van der Waals surface area contributed by atoms with Crippen LogP contribution < -0.4 is 15.4 Å². The second-order valence-corrected chi connectivity index (χ2v) is 8.07. The maximum Gasteiger partial charge on any atom is 0.255 e. The molecule has 0 radical (unpaired) electrons. The van der Waals surface area contributed by atoms with Crippen molar-refractivity contribution in [1.29, 1.82) is 0 Å². The number of benzene rings is 2. The molecule has 1 aliphatic carbocycles. The number of nitrogens with one attached hydrogen (secondary N) is 2. The van der Waals surface area contributed by atoms with Gasteiger partial charge in [-0.05, 0) is 61.4 Å². The monoisotopic (exact) mass is 435 g/mol. The van der Waals surface area contributed by atoms with Crippen molar-refractivity contribution in [2.24, 2.45) is 11.8 Å². The highest BCUT2D eigenvalue weighted by molar-refractivity contribution is 6.09. The first-order chi connectivity index (χ1) is 15.5. The Kier molecular flexibility index (Phi) is 6.20. The molecule has 0 spiro atoms. The van der Waals surface area contributed by atoms with Crippen LogP contribution in [0.5, 0.6) is 5.75 Å². The summed E-state index contributed by atoms with van der Waals surface area (Å²) < 4.78 is 5.09. The number of anilines is 2. The lowest BCUT2D eigenvalue weighted by Crippen LogP contribution is -2.38. The van der Waals surface area contributed by atoms with E-state index < -0.39 is 5.91 Å². The molecule has 2 N–H and O–H groups in total. The van der Waals surface area contributed by atoms with Gasteiger partial charge in [-0.25, -0.2) is 0 Å². The van der Waals surface area contributed by atoms with Crippen molar-refractivity contribution in [2.45, 2.75) is 25.7 Å². The molecule has 166 valence electrons. The summed E-state index contributed by atoms with van der Waals surface area (Å²) in [4.78, 5) is 51.0. The van der Waals surface area contributed by atoms with Crippen LogP contribution in [-0.2, 0) is 14.4 Å². The number of fused-ring (bicyclic) bond motifs is 1. The Labute approximate surface area is 185 Å². The molecule has 2 fully saturated rings. The maximum absolute atomic E-state index is 12.5. The summed E-state index contributed by atoms with van der Waals surface area (Å²) in [6.07, 6.45) is 3.32. The van der Waals surface area contributed by atoms with E-state index in [-0.39, 0.29) is 36.1 Å². The van der Waals surface area contributed by atoms with Gasteiger partial charge in [-0.2, -0.15) is 0 Å². The van der Waals surface area contributed by atoms with Crippen LogP contribution in [0.3, 0.4) is 0 Å². The second-order valence-electron chi connectivity index (χ2n) is 8.07. The van der Waals surface area contributed by atoms with Crippen molar-refractivity contribution in [3.8, 4) is 5.75 Å². The van der Waals surface area contributed by atoms with Gasteiger partial charge in [-0.15, -0.1) is 0 Å². The molecule has 1 heterocycles. The third-order valence-corrected chi connectivity index (χ3v) is 6.01. The molecule has 4 rings (SSSR count). The number of nitrogens with zero attached hydrogens (tertiary/aromatic N) is 1. The van der Waals surface area contributed by atoms with Gasteiger partial charge in [0.25, 0.3) is 5.91 Å². The lowest BCUT2D eigenvalue weighted by Gasteiger charge is -2.19. The number of hydrogen-bond acceptors (Lipinski definition) is 5. The molecule has 0 aromatic heterocycles. The molecule has 4 amide bonds. The molecule has 32 heavy (non-hydrogen) atoms. The van der Waals surface area contributed by atoms with Crippen molar-refractivity contribution in [3.63, 3.8) is 0 Å². The van der Waals surface area contributed by atoms with E-state index in [4.69, 9.17) is 4.74 Å². The van der Waals surface area contributed by atoms with Crippen LogP contribution in [0.4, 0.5) is 11.4 Å². The average molecular weight is 435 g/mol. The van der Waals surface area contributed by atoms with Crippen molar-refractivity contribution < 1.29 is 23.9 Å². The number of methoxy groups -OCH3 is 1. The summed E-state index contributed by atoms with van der Waals surface area (Å²) in [6, 6.07) is 13.4. The zero-order chi connectivity index (χ0) is 22.7. The molecular weight excluding hydrogens is 410 g/mol. The predicted octanol–water partition coefficient (Wildman–Crippen LogP) is 3.06. The largest absolute Gasteiger partial charge is 0.497 e. The van der Waals surface area contributed by atoms with Crippen LogP contribution in [-0.4, -0.2) is 42.2 Å². The first-order valence-electron chi connectivity index (χ1n) is 10.7. The third kappa shape index (κ3) is 4.49. The third-order valence-electron chi connectivity index (χ3n) is 6.01. The van der Waals surface area contributed by atoms with E-state index >= 15 is 0 Å². The van der Waals surface area contributed by atoms with Gasteiger partial charge in [0.05, 0.1) is 18.9 Å². The summed E-state index contributed by atoms with van der Waals surface area (Å²) in [5.41, 5.74) is 1.54. The highest BCUT2D eigenvalue weighted by atomic mass is 16.5. The van der Waals surface area contributed by atoms with E-state index in [1.807, 2.05) is 0 Å². The number of rotatable bonds is 6. The Bertz CT molecular complexity index is 1010. The fourth-order valence-electron chi connectivity index (χ4n) is 4.31. The van der Waals surface area contributed by atoms with Crippen molar-refractivity contribution >= 4 is 35.0 Å². The van der Waals surface area contributed by atoms with Crippen LogP contribution in [0.2, 0.25) is 0 Å². The second kappa shape index (κ2) is 9.21. The first kappa shape index (κ1) is 21.5. The smallest absolute Gasteiger partial charge is 0.255 e. The summed E-state index contributed by atoms with van der Waals surface area (Å²) in [6.45, 7) is -0.287. The fraction of sp³-hybridized carbons (Fsp3) is 0.333. The Balaban J connectivity index is 1.33. The van der Waals surface area contributed by atoms with E-state index in [1.54, 1.807) is 55.6 Å². The summed E-state index contributed by atoms with van der Waals surface area (Å²) >= 11 is 0. The van der Waals surface area contributed by atoms with Crippen LogP contribution in [0.25, 0.3) is 0 Å². The number of carbonyl (C=O) groups is 4. The normalized spacial score (nSPS) is 20.0. The van der Waals surface area contributed by atoms with Crippen LogP contribution in [0.15, 0.2) is 48.5 Å².